The van der Waals surface area contributed by atoms with E-state index in [4.69, 9.17) is 11.0 Å². The number of carbonyl (C=O) groups excluding carboxylic acids is 1. The molecule has 0 bridgehead atoms. The zero-order valence-corrected chi connectivity index (χ0v) is 7.06. The first-order chi connectivity index (χ1) is 6.75. The van der Waals surface area contributed by atoms with Gasteiger partial charge in [0.1, 0.15) is 12.2 Å². The van der Waals surface area contributed by atoms with Crippen LogP contribution in [0.1, 0.15) is 10.5 Å². The summed E-state index contributed by atoms with van der Waals surface area (Å²) < 4.78 is 0. The first kappa shape index (κ1) is 9.66. The minimum absolute atomic E-state index is 0.0661. The molecule has 0 aromatic carbocycles. The topological polar surface area (TPSA) is 132 Å². The Labute approximate surface area is 78.8 Å². The molecule has 1 rings (SSSR count). The molecule has 8 nitrogen and oxygen atoms in total. The molecule has 0 aliphatic rings. The molecule has 14 heavy (non-hydrogen) atoms. The normalized spacial score (nSPS) is 9.93. The van der Waals surface area contributed by atoms with E-state index in [0.717, 1.165) is 0 Å². The monoisotopic (exact) mass is 193 g/mol. The average Bonchev–Trinajstić information content (AvgIpc) is 2.60. The van der Waals surface area contributed by atoms with Crippen LogP contribution in [-0.2, 0) is 0 Å². The number of nitriles is 1. The minimum atomic E-state index is -0.652. The lowest BCUT2D eigenvalue weighted by atomic mass is 10.4. The second-order valence-electron chi connectivity index (χ2n) is 2.16. The average molecular weight is 193 g/mol. The van der Waals surface area contributed by atoms with Gasteiger partial charge in [-0.25, -0.2) is 10.4 Å². The molecule has 1 aromatic rings. The van der Waals surface area contributed by atoms with Gasteiger partial charge in [0.25, 0.3) is 5.91 Å². The molecule has 1 aromatic heterocycles. The molecule has 0 atom stereocenters. The second-order valence-corrected chi connectivity index (χ2v) is 2.16. The van der Waals surface area contributed by atoms with Crippen LogP contribution in [0.5, 0.6) is 0 Å². The van der Waals surface area contributed by atoms with Crippen LogP contribution < -0.4 is 11.2 Å². The molecular formula is C6H7N7O. The third kappa shape index (κ3) is 2.28. The predicted molar refractivity (Wildman–Crippen MR) is 46.1 cm³/mol. The molecule has 1 heterocycles. The van der Waals surface area contributed by atoms with Gasteiger partial charge >= 0.3 is 0 Å². The van der Waals surface area contributed by atoms with Crippen molar-refractivity contribution in [1.82, 2.24) is 9.97 Å². The van der Waals surface area contributed by atoms with E-state index in [2.05, 4.69) is 25.7 Å². The van der Waals surface area contributed by atoms with Crippen molar-refractivity contribution in [1.29, 1.82) is 5.26 Å². The van der Waals surface area contributed by atoms with E-state index >= 15 is 0 Å². The number of amides is 1. The summed E-state index contributed by atoms with van der Waals surface area (Å²) in [6.45, 7) is -0.0661. The molecule has 0 fully saturated rings. The fourth-order valence-corrected chi connectivity index (χ4v) is 0.717. The van der Waals surface area contributed by atoms with Gasteiger partial charge in [-0.15, -0.1) is 0 Å². The molecule has 8 heteroatoms. The number of hydrogen-bond acceptors (Lipinski definition) is 5. The molecule has 4 N–H and O–H groups in total. The van der Waals surface area contributed by atoms with Crippen molar-refractivity contribution in [3.63, 3.8) is 0 Å². The molecule has 0 spiro atoms. The molecule has 0 aliphatic carbocycles. The Morgan fingerprint density at radius 1 is 1.86 bits per heavy atom. The van der Waals surface area contributed by atoms with E-state index in [1.165, 1.54) is 6.33 Å². The summed E-state index contributed by atoms with van der Waals surface area (Å²) in [6, 6.07) is 1.76. The fourth-order valence-electron chi connectivity index (χ4n) is 0.717. The molecule has 0 saturated carbocycles. The van der Waals surface area contributed by atoms with Crippen LogP contribution in [0.3, 0.4) is 0 Å². The minimum Gasteiger partial charge on any atom is -0.364 e. The van der Waals surface area contributed by atoms with Crippen LogP contribution in [-0.4, -0.2) is 22.4 Å². The highest BCUT2D eigenvalue weighted by atomic mass is 16.1. The Balaban J connectivity index is 2.64. The molecule has 0 unspecified atom stereocenters. The number of hydrogen-bond donors (Lipinski definition) is 3. The number of aromatic amines is 1. The Morgan fingerprint density at radius 2 is 2.64 bits per heavy atom. The van der Waals surface area contributed by atoms with Gasteiger partial charge in [-0.1, -0.05) is 5.22 Å². The Morgan fingerprint density at radius 3 is 3.29 bits per heavy atom. The number of carbonyl (C=O) groups is 1. The molecule has 0 saturated heterocycles. The zero-order chi connectivity index (χ0) is 10.4. The number of imidazole rings is 1. The van der Waals surface area contributed by atoms with E-state index < -0.39 is 5.91 Å². The van der Waals surface area contributed by atoms with Gasteiger partial charge in [-0.05, 0) is 0 Å². The lowest BCUT2D eigenvalue weighted by Crippen LogP contribution is -2.13. The highest BCUT2D eigenvalue weighted by Crippen LogP contribution is 2.07. The highest BCUT2D eigenvalue weighted by Gasteiger charge is 2.09. The molecule has 72 valence electrons. The van der Waals surface area contributed by atoms with Gasteiger partial charge in [-0.2, -0.15) is 10.4 Å². The third-order valence-electron chi connectivity index (χ3n) is 1.25. The SMILES string of the molecule is N#CCN=NNc1nc[nH]c1C(N)=O. The van der Waals surface area contributed by atoms with Crippen molar-refractivity contribution in [2.75, 3.05) is 12.0 Å². The van der Waals surface area contributed by atoms with Gasteiger partial charge in [-0.3, -0.25) is 4.79 Å². The van der Waals surface area contributed by atoms with Crippen LogP contribution >= 0.6 is 0 Å². The van der Waals surface area contributed by atoms with E-state index in [-0.39, 0.29) is 18.1 Å². The van der Waals surface area contributed by atoms with Crippen LogP contribution in [0.25, 0.3) is 0 Å². The number of H-pyrrole nitrogens is 1. The first-order valence-corrected chi connectivity index (χ1v) is 3.58. The zero-order valence-electron chi connectivity index (χ0n) is 7.06. The Bertz CT molecular complexity index is 387. The lowest BCUT2D eigenvalue weighted by Gasteiger charge is -1.94. The summed E-state index contributed by atoms with van der Waals surface area (Å²) in [7, 11) is 0. The highest BCUT2D eigenvalue weighted by molar-refractivity contribution is 5.95. The Hall–Kier alpha value is -2.43. The molecule has 0 aliphatic heterocycles. The number of primary amides is 1. The van der Waals surface area contributed by atoms with Crippen molar-refractivity contribution in [3.05, 3.63) is 12.0 Å². The van der Waals surface area contributed by atoms with Crippen molar-refractivity contribution >= 4 is 11.7 Å². The van der Waals surface area contributed by atoms with E-state index in [0.29, 0.717) is 0 Å². The maximum atomic E-state index is 10.8. The van der Waals surface area contributed by atoms with Crippen molar-refractivity contribution in [2.24, 2.45) is 16.1 Å². The maximum Gasteiger partial charge on any atom is 0.269 e. The van der Waals surface area contributed by atoms with E-state index in [1.807, 2.05) is 0 Å². The van der Waals surface area contributed by atoms with Crippen LogP contribution in [0.4, 0.5) is 5.82 Å². The number of rotatable bonds is 4. The van der Waals surface area contributed by atoms with Gasteiger partial charge in [0.05, 0.1) is 12.4 Å². The van der Waals surface area contributed by atoms with Crippen LogP contribution in [0.2, 0.25) is 0 Å². The quantitative estimate of drug-likeness (QED) is 0.347. The predicted octanol–water partition coefficient (Wildman–Crippen LogP) is -0.189. The summed E-state index contributed by atoms with van der Waals surface area (Å²) in [4.78, 5) is 17.0. The molecule has 1 amide bonds. The maximum absolute atomic E-state index is 10.8. The van der Waals surface area contributed by atoms with Crippen molar-refractivity contribution < 1.29 is 4.79 Å². The van der Waals surface area contributed by atoms with Crippen molar-refractivity contribution in [3.8, 4) is 6.07 Å². The smallest absolute Gasteiger partial charge is 0.269 e. The third-order valence-corrected chi connectivity index (χ3v) is 1.25. The molecule has 0 radical (unpaired) electrons. The number of nitrogens with one attached hydrogen (secondary N) is 2. The fraction of sp³-hybridized carbons (Fsp3) is 0.167. The summed E-state index contributed by atoms with van der Waals surface area (Å²) in [5, 5.41) is 15.0. The Kier molecular flexibility index (Phi) is 3.15. The van der Waals surface area contributed by atoms with Gasteiger partial charge in [0, 0.05) is 0 Å². The van der Waals surface area contributed by atoms with Gasteiger partial charge < -0.3 is 10.7 Å². The van der Waals surface area contributed by atoms with E-state index in [1.54, 1.807) is 6.07 Å². The number of nitrogens with two attached hydrogens (primary N) is 1. The van der Waals surface area contributed by atoms with Gasteiger partial charge in [0.15, 0.2) is 5.82 Å². The summed E-state index contributed by atoms with van der Waals surface area (Å²) in [6.07, 6.45) is 1.29. The summed E-state index contributed by atoms with van der Waals surface area (Å²) in [5.41, 5.74) is 7.50. The number of anilines is 1. The molecular weight excluding hydrogens is 186 g/mol. The summed E-state index contributed by atoms with van der Waals surface area (Å²) >= 11 is 0. The number of aromatic nitrogens is 2. The van der Waals surface area contributed by atoms with Gasteiger partial charge in [0.2, 0.25) is 0 Å². The first-order valence-electron chi connectivity index (χ1n) is 3.58. The summed E-state index contributed by atoms with van der Waals surface area (Å²) in [5.74, 6) is -0.473. The van der Waals surface area contributed by atoms with Crippen LogP contribution in [0, 0.1) is 11.3 Å². The van der Waals surface area contributed by atoms with Crippen LogP contribution in [0.15, 0.2) is 16.7 Å². The lowest BCUT2D eigenvalue weighted by molar-refractivity contribution is 0.0997. The number of nitrogens with zero attached hydrogens (tertiary/aromatic N) is 4. The second kappa shape index (κ2) is 4.56. The largest absolute Gasteiger partial charge is 0.364 e. The van der Waals surface area contributed by atoms with Crippen molar-refractivity contribution in [2.45, 2.75) is 0 Å². The standard InChI is InChI=1S/C6H7N7O/c7-1-2-11-13-12-6-4(5(8)14)9-3-10-6/h3H,2H2,(H2,8,14)(H,9,10)(H,11,12). The van der Waals surface area contributed by atoms with E-state index in [9.17, 15) is 4.79 Å².